The van der Waals surface area contributed by atoms with Crippen LogP contribution in [0.15, 0.2) is 11.6 Å². The highest BCUT2D eigenvalue weighted by Gasteiger charge is 2.56. The molecule has 1 aliphatic rings. The van der Waals surface area contributed by atoms with Gasteiger partial charge in [0.15, 0.2) is 0 Å². The molecule has 1 rings (SSSR count). The van der Waals surface area contributed by atoms with Crippen LogP contribution in [0.4, 0.5) is 0 Å². The Kier molecular flexibility index (Phi) is 3.49. The Hall–Kier alpha value is -0.910. The zero-order valence-electron chi connectivity index (χ0n) is 9.27. The van der Waals surface area contributed by atoms with Gasteiger partial charge in [0.25, 0.3) is 5.79 Å². The lowest BCUT2D eigenvalue weighted by Gasteiger charge is -2.34. The van der Waals surface area contributed by atoms with E-state index in [1.807, 2.05) is 0 Å². The third-order valence-corrected chi connectivity index (χ3v) is 2.62. The topological polar surface area (TPSA) is 64.8 Å². The van der Waals surface area contributed by atoms with Crippen LogP contribution in [0.25, 0.3) is 0 Å². The number of hydrogen-bond donors (Lipinski definition) is 1. The van der Waals surface area contributed by atoms with Crippen molar-refractivity contribution in [3.8, 4) is 0 Å². The molecule has 0 aromatic rings. The van der Waals surface area contributed by atoms with E-state index >= 15 is 0 Å². The lowest BCUT2D eigenvalue weighted by molar-refractivity contribution is -0.532. The SMILES string of the molecule is C=[N+]([O-])[C@H]1C(C)=C[C@@H](O)[C@@]1(OC)OCC. The number of aliphatic hydroxyl groups excluding tert-OH is 1. The summed E-state index contributed by atoms with van der Waals surface area (Å²) in [7, 11) is 1.40. The fraction of sp³-hybridized carbons (Fsp3) is 0.700. The van der Waals surface area contributed by atoms with Gasteiger partial charge in [-0.25, -0.2) is 4.74 Å². The molecule has 0 aliphatic heterocycles. The first-order valence-electron chi connectivity index (χ1n) is 4.82. The van der Waals surface area contributed by atoms with Crippen LogP contribution in [-0.4, -0.2) is 48.2 Å². The first-order valence-corrected chi connectivity index (χ1v) is 4.82. The predicted molar refractivity (Wildman–Crippen MR) is 55.7 cm³/mol. The first kappa shape index (κ1) is 12.2. The van der Waals surface area contributed by atoms with Crippen LogP contribution in [0.3, 0.4) is 0 Å². The molecule has 86 valence electrons. The fourth-order valence-corrected chi connectivity index (χ4v) is 2.04. The van der Waals surface area contributed by atoms with Gasteiger partial charge in [0.2, 0.25) is 6.04 Å². The Morgan fingerprint density at radius 2 is 2.33 bits per heavy atom. The van der Waals surface area contributed by atoms with Gasteiger partial charge in [0.05, 0.1) is 0 Å². The Morgan fingerprint density at radius 3 is 2.73 bits per heavy atom. The van der Waals surface area contributed by atoms with Gasteiger partial charge < -0.3 is 19.8 Å². The molecule has 5 nitrogen and oxygen atoms in total. The van der Waals surface area contributed by atoms with Gasteiger partial charge in [0, 0.05) is 13.7 Å². The quantitative estimate of drug-likeness (QED) is 0.182. The first-order chi connectivity index (χ1) is 6.99. The van der Waals surface area contributed by atoms with Crippen molar-refractivity contribution >= 4 is 6.72 Å². The van der Waals surface area contributed by atoms with Crippen molar-refractivity contribution < 1.29 is 19.3 Å². The Bertz CT molecular complexity index is 289. The summed E-state index contributed by atoms with van der Waals surface area (Å²) in [5.74, 6) is -1.33. The number of aliphatic hydroxyl groups is 1. The molecule has 3 atom stereocenters. The molecule has 0 aromatic carbocycles. The van der Waals surface area contributed by atoms with E-state index in [4.69, 9.17) is 9.47 Å². The largest absolute Gasteiger partial charge is 0.624 e. The van der Waals surface area contributed by atoms with Crippen molar-refractivity contribution in [1.29, 1.82) is 0 Å². The van der Waals surface area contributed by atoms with Crippen LogP contribution < -0.4 is 0 Å². The van der Waals surface area contributed by atoms with E-state index in [0.29, 0.717) is 16.9 Å². The lowest BCUT2D eigenvalue weighted by Crippen LogP contribution is -2.55. The summed E-state index contributed by atoms with van der Waals surface area (Å²) < 4.78 is 11.1. The molecule has 0 heterocycles. The van der Waals surface area contributed by atoms with Gasteiger partial charge in [-0.1, -0.05) is 0 Å². The smallest absolute Gasteiger partial charge is 0.267 e. The van der Waals surface area contributed by atoms with Gasteiger partial charge in [-0.3, -0.25) is 0 Å². The Morgan fingerprint density at radius 1 is 1.73 bits per heavy atom. The molecular weight excluding hydrogens is 198 g/mol. The number of nitrogens with zero attached hydrogens (tertiary/aromatic N) is 1. The van der Waals surface area contributed by atoms with Crippen LogP contribution in [0.2, 0.25) is 0 Å². The van der Waals surface area contributed by atoms with Crippen molar-refractivity contribution in [1.82, 2.24) is 0 Å². The molecule has 0 saturated heterocycles. The average molecular weight is 215 g/mol. The summed E-state index contributed by atoms with van der Waals surface area (Å²) in [6.45, 7) is 7.15. The maximum atomic E-state index is 11.3. The summed E-state index contributed by atoms with van der Waals surface area (Å²) in [4.78, 5) is 0. The molecule has 15 heavy (non-hydrogen) atoms. The van der Waals surface area contributed by atoms with Crippen molar-refractivity contribution in [2.75, 3.05) is 13.7 Å². The summed E-state index contributed by atoms with van der Waals surface area (Å²) in [5.41, 5.74) is 0.697. The monoisotopic (exact) mass is 215 g/mol. The summed E-state index contributed by atoms with van der Waals surface area (Å²) in [6, 6.07) is -0.711. The number of hydroxylamine groups is 1. The van der Waals surface area contributed by atoms with Crippen molar-refractivity contribution in [3.05, 3.63) is 16.9 Å². The molecular formula is C10H17NO4. The van der Waals surface area contributed by atoms with E-state index in [1.165, 1.54) is 7.11 Å². The highest BCUT2D eigenvalue weighted by atomic mass is 16.7. The van der Waals surface area contributed by atoms with Crippen LogP contribution >= 0.6 is 0 Å². The van der Waals surface area contributed by atoms with Crippen LogP contribution in [0.1, 0.15) is 13.8 Å². The number of methoxy groups -OCH3 is 1. The second kappa shape index (κ2) is 4.30. The third kappa shape index (κ3) is 1.78. The van der Waals surface area contributed by atoms with Crippen LogP contribution in [0.5, 0.6) is 0 Å². The van der Waals surface area contributed by atoms with E-state index in [9.17, 15) is 10.3 Å². The Balaban J connectivity index is 3.08. The van der Waals surface area contributed by atoms with Crippen LogP contribution in [0, 0.1) is 5.21 Å². The van der Waals surface area contributed by atoms with Gasteiger partial charge in [-0.05, 0) is 25.5 Å². The van der Waals surface area contributed by atoms with E-state index < -0.39 is 17.9 Å². The van der Waals surface area contributed by atoms with E-state index in [-0.39, 0.29) is 0 Å². The van der Waals surface area contributed by atoms with Gasteiger partial charge in [0.1, 0.15) is 12.8 Å². The minimum absolute atomic E-state index is 0.344. The van der Waals surface area contributed by atoms with E-state index in [2.05, 4.69) is 6.72 Å². The molecule has 0 aromatic heterocycles. The molecule has 0 radical (unpaired) electrons. The second-order valence-corrected chi connectivity index (χ2v) is 3.53. The highest BCUT2D eigenvalue weighted by molar-refractivity contribution is 5.26. The standard InChI is InChI=1S/C10H17NO4/c1-5-15-10(14-4)8(12)6-7(2)9(10)11(3)13/h6,8-9,12H,3,5H2,1-2,4H3/t8-,9+,10-/m1/s1. The molecule has 0 amide bonds. The maximum Gasteiger partial charge on any atom is 0.267 e. The molecule has 0 fully saturated rings. The maximum absolute atomic E-state index is 11.3. The third-order valence-electron chi connectivity index (χ3n) is 2.62. The Labute approximate surface area is 89.2 Å². The molecule has 5 heteroatoms. The normalized spacial score (nSPS) is 35.3. The zero-order valence-corrected chi connectivity index (χ0v) is 9.27. The van der Waals surface area contributed by atoms with Crippen molar-refractivity contribution in [2.24, 2.45) is 0 Å². The summed E-state index contributed by atoms with van der Waals surface area (Å²) in [5, 5.41) is 21.2. The number of hydrogen-bond acceptors (Lipinski definition) is 4. The van der Waals surface area contributed by atoms with E-state index in [0.717, 1.165) is 0 Å². The summed E-state index contributed by atoms with van der Waals surface area (Å²) >= 11 is 0. The number of ether oxygens (including phenoxy) is 2. The predicted octanol–water partition coefficient (Wildman–Crippen LogP) is 0.266. The zero-order chi connectivity index (χ0) is 11.6. The van der Waals surface area contributed by atoms with E-state index in [1.54, 1.807) is 19.9 Å². The van der Waals surface area contributed by atoms with Gasteiger partial charge >= 0.3 is 0 Å². The molecule has 0 unspecified atom stereocenters. The molecule has 0 saturated carbocycles. The fourth-order valence-electron chi connectivity index (χ4n) is 2.04. The highest BCUT2D eigenvalue weighted by Crippen LogP contribution is 2.35. The molecule has 0 spiro atoms. The molecule has 1 N–H and O–H groups in total. The molecule has 0 bridgehead atoms. The second-order valence-electron chi connectivity index (χ2n) is 3.53. The van der Waals surface area contributed by atoms with Crippen molar-refractivity contribution in [3.63, 3.8) is 0 Å². The summed E-state index contributed by atoms with van der Waals surface area (Å²) in [6.07, 6.45) is 0.602. The van der Waals surface area contributed by atoms with Gasteiger partial charge in [-0.2, -0.15) is 0 Å². The number of rotatable bonds is 4. The minimum atomic E-state index is -1.33. The van der Waals surface area contributed by atoms with Crippen LogP contribution in [-0.2, 0) is 9.47 Å². The minimum Gasteiger partial charge on any atom is -0.624 e. The van der Waals surface area contributed by atoms with Gasteiger partial charge in [-0.15, -0.1) is 0 Å². The molecule has 1 aliphatic carbocycles. The lowest BCUT2D eigenvalue weighted by atomic mass is 10.1. The average Bonchev–Trinajstić information content (AvgIpc) is 2.39. The van der Waals surface area contributed by atoms with Crippen molar-refractivity contribution in [2.45, 2.75) is 31.8 Å².